The SMILES string of the molecule is CC1CCC(OCC(C(=O)O)C(F)(F)F)CC1. The van der Waals surface area contributed by atoms with Crippen molar-refractivity contribution >= 4 is 5.97 Å². The fourth-order valence-corrected chi connectivity index (χ4v) is 1.93. The van der Waals surface area contributed by atoms with Gasteiger partial charge in [0, 0.05) is 0 Å². The van der Waals surface area contributed by atoms with Crippen molar-refractivity contribution in [2.24, 2.45) is 11.8 Å². The number of alkyl halides is 3. The lowest BCUT2D eigenvalue weighted by Gasteiger charge is -2.27. The molecule has 1 N–H and O–H groups in total. The normalized spacial score (nSPS) is 27.8. The molecule has 3 nitrogen and oxygen atoms in total. The van der Waals surface area contributed by atoms with Gasteiger partial charge >= 0.3 is 12.1 Å². The number of hydrogen-bond acceptors (Lipinski definition) is 2. The molecule has 1 unspecified atom stereocenters. The number of rotatable bonds is 4. The summed E-state index contributed by atoms with van der Waals surface area (Å²) in [6.07, 6.45) is -1.69. The molecule has 0 heterocycles. The van der Waals surface area contributed by atoms with Crippen molar-refractivity contribution in [2.75, 3.05) is 6.61 Å². The van der Waals surface area contributed by atoms with Gasteiger partial charge in [-0.15, -0.1) is 0 Å². The highest BCUT2D eigenvalue weighted by Crippen LogP contribution is 2.30. The van der Waals surface area contributed by atoms with E-state index in [0.717, 1.165) is 12.8 Å². The van der Waals surface area contributed by atoms with E-state index in [2.05, 4.69) is 6.92 Å². The van der Waals surface area contributed by atoms with Gasteiger partial charge in [-0.3, -0.25) is 4.79 Å². The maximum atomic E-state index is 12.3. The Hall–Kier alpha value is -0.780. The molecule has 1 rings (SSSR count). The molecule has 1 aliphatic rings. The number of carboxylic acid groups (broad SMARTS) is 1. The van der Waals surface area contributed by atoms with E-state index in [1.165, 1.54) is 0 Å². The molecule has 0 bridgehead atoms. The van der Waals surface area contributed by atoms with E-state index < -0.39 is 24.7 Å². The van der Waals surface area contributed by atoms with Crippen LogP contribution in [-0.2, 0) is 9.53 Å². The van der Waals surface area contributed by atoms with Gasteiger partial charge in [-0.2, -0.15) is 13.2 Å². The van der Waals surface area contributed by atoms with Crippen molar-refractivity contribution in [1.82, 2.24) is 0 Å². The summed E-state index contributed by atoms with van der Waals surface area (Å²) in [5, 5.41) is 8.48. The summed E-state index contributed by atoms with van der Waals surface area (Å²) < 4.78 is 42.1. The molecule has 0 aliphatic heterocycles. The van der Waals surface area contributed by atoms with E-state index in [-0.39, 0.29) is 6.10 Å². The monoisotopic (exact) mass is 254 g/mol. The fraction of sp³-hybridized carbons (Fsp3) is 0.909. The lowest BCUT2D eigenvalue weighted by molar-refractivity contribution is -0.206. The van der Waals surface area contributed by atoms with Crippen molar-refractivity contribution in [1.29, 1.82) is 0 Å². The minimum Gasteiger partial charge on any atom is -0.481 e. The molecular weight excluding hydrogens is 237 g/mol. The molecule has 0 aromatic carbocycles. The quantitative estimate of drug-likeness (QED) is 0.839. The summed E-state index contributed by atoms with van der Waals surface area (Å²) in [7, 11) is 0. The first-order valence-corrected chi connectivity index (χ1v) is 5.71. The van der Waals surface area contributed by atoms with Crippen LogP contribution in [0, 0.1) is 11.8 Å². The first kappa shape index (κ1) is 14.3. The van der Waals surface area contributed by atoms with Crippen LogP contribution in [0.5, 0.6) is 0 Å². The van der Waals surface area contributed by atoms with Gasteiger partial charge in [-0.05, 0) is 31.6 Å². The Kier molecular flexibility index (Phi) is 4.80. The van der Waals surface area contributed by atoms with E-state index in [0.29, 0.717) is 18.8 Å². The number of ether oxygens (including phenoxy) is 1. The molecule has 0 amide bonds. The van der Waals surface area contributed by atoms with E-state index in [1.54, 1.807) is 0 Å². The molecule has 1 saturated carbocycles. The van der Waals surface area contributed by atoms with Gasteiger partial charge < -0.3 is 9.84 Å². The van der Waals surface area contributed by atoms with E-state index in [9.17, 15) is 18.0 Å². The number of hydrogen-bond donors (Lipinski definition) is 1. The van der Waals surface area contributed by atoms with Gasteiger partial charge in [-0.1, -0.05) is 6.92 Å². The van der Waals surface area contributed by atoms with Crippen LogP contribution in [0.3, 0.4) is 0 Å². The van der Waals surface area contributed by atoms with Crippen LogP contribution in [0.15, 0.2) is 0 Å². The third kappa shape index (κ3) is 4.53. The zero-order chi connectivity index (χ0) is 13.1. The van der Waals surface area contributed by atoms with Crippen LogP contribution in [-0.4, -0.2) is 30.0 Å². The van der Waals surface area contributed by atoms with E-state index in [4.69, 9.17) is 9.84 Å². The molecule has 0 spiro atoms. The van der Waals surface area contributed by atoms with Crippen molar-refractivity contribution in [3.05, 3.63) is 0 Å². The van der Waals surface area contributed by atoms with Gasteiger partial charge in [0.05, 0.1) is 12.7 Å². The number of aliphatic carboxylic acids is 1. The second-order valence-corrected chi connectivity index (χ2v) is 4.65. The first-order chi connectivity index (χ1) is 7.80. The van der Waals surface area contributed by atoms with Gasteiger partial charge in [0.2, 0.25) is 0 Å². The molecule has 6 heteroatoms. The zero-order valence-corrected chi connectivity index (χ0v) is 9.67. The summed E-state index contributed by atoms with van der Waals surface area (Å²) in [6.45, 7) is 1.31. The largest absolute Gasteiger partial charge is 0.481 e. The average Bonchev–Trinajstić information content (AvgIpc) is 2.18. The van der Waals surface area contributed by atoms with Gasteiger partial charge in [-0.25, -0.2) is 0 Å². The zero-order valence-electron chi connectivity index (χ0n) is 9.67. The molecule has 0 aromatic rings. The van der Waals surface area contributed by atoms with Crippen LogP contribution < -0.4 is 0 Å². The van der Waals surface area contributed by atoms with Crippen molar-refractivity contribution in [3.8, 4) is 0 Å². The highest BCUT2D eigenvalue weighted by Gasteiger charge is 2.45. The molecular formula is C11H17F3O3. The van der Waals surface area contributed by atoms with Crippen molar-refractivity contribution in [3.63, 3.8) is 0 Å². The average molecular weight is 254 g/mol. The number of carboxylic acids is 1. The molecule has 1 fully saturated rings. The molecule has 17 heavy (non-hydrogen) atoms. The molecule has 0 saturated heterocycles. The Morgan fingerprint density at radius 3 is 2.29 bits per heavy atom. The Bertz CT molecular complexity index is 257. The van der Waals surface area contributed by atoms with E-state index >= 15 is 0 Å². The Labute approximate surface area is 97.9 Å². The van der Waals surface area contributed by atoms with E-state index in [1.807, 2.05) is 0 Å². The second-order valence-electron chi connectivity index (χ2n) is 4.65. The third-order valence-corrected chi connectivity index (χ3v) is 3.15. The first-order valence-electron chi connectivity index (χ1n) is 5.71. The van der Waals surface area contributed by atoms with Crippen LogP contribution in [0.4, 0.5) is 13.2 Å². The summed E-state index contributed by atoms with van der Waals surface area (Å²) in [5.41, 5.74) is 0. The minimum atomic E-state index is -4.74. The molecule has 1 atom stereocenters. The van der Waals surface area contributed by atoms with Crippen LogP contribution in [0.25, 0.3) is 0 Å². The summed E-state index contributed by atoms with van der Waals surface area (Å²) in [6, 6.07) is 0. The molecule has 0 aromatic heterocycles. The number of carbonyl (C=O) groups is 1. The Balaban J connectivity index is 2.40. The Morgan fingerprint density at radius 1 is 1.35 bits per heavy atom. The molecule has 100 valence electrons. The topological polar surface area (TPSA) is 46.5 Å². The predicted molar refractivity (Wildman–Crippen MR) is 54.6 cm³/mol. The highest BCUT2D eigenvalue weighted by molar-refractivity contribution is 5.71. The lowest BCUT2D eigenvalue weighted by Crippen LogP contribution is -2.36. The van der Waals surface area contributed by atoms with Crippen molar-refractivity contribution < 1.29 is 27.8 Å². The van der Waals surface area contributed by atoms with Gasteiger partial charge in [0.25, 0.3) is 0 Å². The van der Waals surface area contributed by atoms with Crippen LogP contribution in [0.2, 0.25) is 0 Å². The number of halogens is 3. The predicted octanol–water partition coefficient (Wildman–Crippen LogP) is 2.84. The fourth-order valence-electron chi connectivity index (χ4n) is 1.93. The van der Waals surface area contributed by atoms with Crippen molar-refractivity contribution in [2.45, 2.75) is 44.9 Å². The second kappa shape index (κ2) is 5.71. The maximum absolute atomic E-state index is 12.3. The lowest BCUT2D eigenvalue weighted by atomic mass is 9.89. The summed E-state index contributed by atoms with van der Waals surface area (Å²) in [5.74, 6) is -3.71. The summed E-state index contributed by atoms with van der Waals surface area (Å²) in [4.78, 5) is 10.5. The third-order valence-electron chi connectivity index (χ3n) is 3.15. The van der Waals surface area contributed by atoms with Crippen LogP contribution >= 0.6 is 0 Å². The Morgan fingerprint density at radius 2 is 1.88 bits per heavy atom. The minimum absolute atomic E-state index is 0.226. The maximum Gasteiger partial charge on any atom is 0.404 e. The summed E-state index contributed by atoms with van der Waals surface area (Å²) >= 11 is 0. The van der Waals surface area contributed by atoms with Gasteiger partial charge in [0.1, 0.15) is 0 Å². The highest BCUT2D eigenvalue weighted by atomic mass is 19.4. The van der Waals surface area contributed by atoms with Gasteiger partial charge in [0.15, 0.2) is 5.92 Å². The smallest absolute Gasteiger partial charge is 0.404 e. The standard InChI is InChI=1S/C11H17F3O3/c1-7-2-4-8(5-3-7)17-6-9(10(15)16)11(12,13)14/h7-9H,2-6H2,1H3,(H,15,16). The molecule has 1 aliphatic carbocycles. The molecule has 0 radical (unpaired) electrons. The van der Waals surface area contributed by atoms with Crippen LogP contribution in [0.1, 0.15) is 32.6 Å².